The van der Waals surface area contributed by atoms with Crippen molar-refractivity contribution in [2.45, 2.75) is 26.3 Å². The molecule has 1 aliphatic heterocycles. The molecule has 160 valence electrons. The monoisotopic (exact) mass is 426 g/mol. The quantitative estimate of drug-likeness (QED) is 0.695. The van der Waals surface area contributed by atoms with Gasteiger partial charge in [0.25, 0.3) is 5.91 Å². The number of carbonyl (C=O) groups excluding carboxylic acids is 2. The van der Waals surface area contributed by atoms with E-state index in [1.807, 2.05) is 0 Å². The molecule has 2 amide bonds. The minimum atomic E-state index is -0.906. The van der Waals surface area contributed by atoms with Crippen LogP contribution in [-0.4, -0.2) is 39.4 Å². The highest BCUT2D eigenvalue weighted by atomic mass is 19.1. The third-order valence-corrected chi connectivity index (χ3v) is 5.20. The van der Waals surface area contributed by atoms with Crippen molar-refractivity contribution in [3.63, 3.8) is 0 Å². The zero-order chi connectivity index (χ0) is 22.1. The van der Waals surface area contributed by atoms with Crippen molar-refractivity contribution in [2.75, 3.05) is 18.4 Å². The van der Waals surface area contributed by atoms with Crippen molar-refractivity contribution >= 4 is 28.5 Å². The first-order chi connectivity index (χ1) is 14.8. The van der Waals surface area contributed by atoms with Crippen LogP contribution in [0.1, 0.15) is 28.9 Å². The average molecular weight is 426 g/mol. The normalized spacial score (nSPS) is 13.6. The first kappa shape index (κ1) is 20.6. The van der Waals surface area contributed by atoms with Crippen LogP contribution in [0.2, 0.25) is 0 Å². The third-order valence-electron chi connectivity index (χ3n) is 5.20. The third kappa shape index (κ3) is 4.16. The summed E-state index contributed by atoms with van der Waals surface area (Å²) in [6, 6.07) is 6.06. The molecule has 4 rings (SSSR count). The summed E-state index contributed by atoms with van der Waals surface area (Å²) in [4.78, 5) is 44.4. The van der Waals surface area contributed by atoms with Gasteiger partial charge in [-0.15, -0.1) is 0 Å². The SMILES string of the molecule is Cc1ccc2c(=O)c(C(=O)N3CCCC3)cn(CC(=O)Nc3ccc(F)cc3F)c2n1. The summed E-state index contributed by atoms with van der Waals surface area (Å²) >= 11 is 0. The molecule has 1 saturated heterocycles. The molecule has 1 N–H and O–H groups in total. The Balaban J connectivity index is 1.72. The van der Waals surface area contributed by atoms with E-state index in [9.17, 15) is 23.2 Å². The van der Waals surface area contributed by atoms with Gasteiger partial charge in [0, 0.05) is 31.0 Å². The summed E-state index contributed by atoms with van der Waals surface area (Å²) in [5, 5.41) is 2.60. The van der Waals surface area contributed by atoms with Crippen LogP contribution in [0.25, 0.3) is 11.0 Å². The Hall–Kier alpha value is -3.62. The van der Waals surface area contributed by atoms with Gasteiger partial charge >= 0.3 is 0 Å². The van der Waals surface area contributed by atoms with E-state index in [0.29, 0.717) is 24.8 Å². The molecule has 0 unspecified atom stereocenters. The lowest BCUT2D eigenvalue weighted by Gasteiger charge is -2.17. The van der Waals surface area contributed by atoms with Gasteiger partial charge in [-0.2, -0.15) is 0 Å². The second-order valence-electron chi connectivity index (χ2n) is 7.50. The van der Waals surface area contributed by atoms with Gasteiger partial charge in [0.2, 0.25) is 11.3 Å². The van der Waals surface area contributed by atoms with E-state index in [1.165, 1.54) is 10.8 Å². The number of halogens is 2. The fraction of sp³-hybridized carbons (Fsp3) is 0.273. The molecule has 0 radical (unpaired) electrons. The first-order valence-corrected chi connectivity index (χ1v) is 9.88. The Morgan fingerprint density at radius 2 is 1.87 bits per heavy atom. The second-order valence-corrected chi connectivity index (χ2v) is 7.50. The maximum absolute atomic E-state index is 13.9. The van der Waals surface area contributed by atoms with Crippen molar-refractivity contribution < 1.29 is 18.4 Å². The van der Waals surface area contributed by atoms with E-state index in [2.05, 4.69) is 10.3 Å². The molecule has 1 fully saturated rings. The van der Waals surface area contributed by atoms with E-state index in [4.69, 9.17) is 0 Å². The van der Waals surface area contributed by atoms with Gasteiger partial charge < -0.3 is 14.8 Å². The molecule has 1 aromatic carbocycles. The number of nitrogens with zero attached hydrogens (tertiary/aromatic N) is 3. The number of amides is 2. The van der Waals surface area contributed by atoms with Crippen LogP contribution in [0, 0.1) is 18.6 Å². The molecule has 3 aromatic rings. The Bertz CT molecular complexity index is 1250. The number of pyridine rings is 2. The molecule has 7 nitrogen and oxygen atoms in total. The lowest BCUT2D eigenvalue weighted by atomic mass is 10.1. The number of hydrogen-bond donors (Lipinski definition) is 1. The van der Waals surface area contributed by atoms with E-state index in [0.717, 1.165) is 25.0 Å². The summed E-state index contributed by atoms with van der Waals surface area (Å²) in [6.07, 6.45) is 3.08. The minimum absolute atomic E-state index is 0.0409. The number of anilines is 1. The van der Waals surface area contributed by atoms with Gasteiger partial charge in [0.15, 0.2) is 0 Å². The largest absolute Gasteiger partial charge is 0.338 e. The van der Waals surface area contributed by atoms with Gasteiger partial charge in [0.05, 0.1) is 11.1 Å². The molecule has 0 atom stereocenters. The molecule has 0 saturated carbocycles. The van der Waals surface area contributed by atoms with E-state index >= 15 is 0 Å². The molecule has 1 aliphatic rings. The number of rotatable bonds is 4. The van der Waals surface area contributed by atoms with Crippen molar-refractivity contribution in [3.05, 3.63) is 69.6 Å². The number of aryl methyl sites for hydroxylation is 1. The number of carbonyl (C=O) groups is 2. The van der Waals surface area contributed by atoms with E-state index in [1.54, 1.807) is 24.0 Å². The lowest BCUT2D eigenvalue weighted by Crippen LogP contribution is -2.33. The summed E-state index contributed by atoms with van der Waals surface area (Å²) in [7, 11) is 0. The lowest BCUT2D eigenvalue weighted by molar-refractivity contribution is -0.116. The van der Waals surface area contributed by atoms with Crippen molar-refractivity contribution in [1.82, 2.24) is 14.5 Å². The van der Waals surface area contributed by atoms with Gasteiger partial charge in [-0.05, 0) is 44.0 Å². The fourth-order valence-electron chi connectivity index (χ4n) is 3.66. The standard InChI is InChI=1S/C22H20F2N4O3/c1-13-4-6-15-20(30)16(22(31)27-8-2-3-9-27)11-28(21(15)25-13)12-19(29)26-18-7-5-14(23)10-17(18)24/h4-7,10-11H,2-3,8-9,12H2,1H3,(H,26,29). The van der Waals surface area contributed by atoms with E-state index < -0.39 is 23.0 Å². The number of aromatic nitrogens is 2. The minimum Gasteiger partial charge on any atom is -0.338 e. The number of nitrogens with one attached hydrogen (secondary N) is 1. The highest BCUT2D eigenvalue weighted by molar-refractivity contribution is 5.97. The predicted octanol–water partition coefficient (Wildman–Crippen LogP) is 2.86. The summed E-state index contributed by atoms with van der Waals surface area (Å²) in [5.74, 6) is -2.66. The van der Waals surface area contributed by atoms with Crippen molar-refractivity contribution in [1.29, 1.82) is 0 Å². The topological polar surface area (TPSA) is 84.3 Å². The molecular formula is C22H20F2N4O3. The van der Waals surface area contributed by atoms with Crippen LogP contribution < -0.4 is 10.7 Å². The smallest absolute Gasteiger partial charge is 0.259 e. The summed E-state index contributed by atoms with van der Waals surface area (Å²) < 4.78 is 28.4. The zero-order valence-electron chi connectivity index (χ0n) is 16.8. The molecule has 3 heterocycles. The molecular weight excluding hydrogens is 406 g/mol. The number of fused-ring (bicyclic) bond motifs is 1. The van der Waals surface area contributed by atoms with Gasteiger partial charge in [-0.25, -0.2) is 13.8 Å². The van der Waals surface area contributed by atoms with Gasteiger partial charge in [-0.3, -0.25) is 14.4 Å². The van der Waals surface area contributed by atoms with Crippen molar-refractivity contribution in [2.24, 2.45) is 0 Å². The maximum atomic E-state index is 13.9. The molecule has 0 aliphatic carbocycles. The van der Waals surface area contributed by atoms with Gasteiger partial charge in [-0.1, -0.05) is 0 Å². The van der Waals surface area contributed by atoms with Crippen LogP contribution in [0.5, 0.6) is 0 Å². The zero-order valence-corrected chi connectivity index (χ0v) is 16.8. The Kier molecular flexibility index (Phi) is 5.50. The Labute approximate surface area is 176 Å². The maximum Gasteiger partial charge on any atom is 0.259 e. The molecule has 0 spiro atoms. The Morgan fingerprint density at radius 3 is 2.58 bits per heavy atom. The summed E-state index contributed by atoms with van der Waals surface area (Å²) in [6.45, 7) is 2.58. The van der Waals surface area contributed by atoms with Crippen LogP contribution in [-0.2, 0) is 11.3 Å². The van der Waals surface area contributed by atoms with E-state index in [-0.39, 0.29) is 34.7 Å². The number of benzene rings is 1. The highest BCUT2D eigenvalue weighted by Crippen LogP contribution is 2.17. The Morgan fingerprint density at radius 1 is 1.13 bits per heavy atom. The fourth-order valence-corrected chi connectivity index (χ4v) is 3.66. The molecule has 9 heteroatoms. The van der Waals surface area contributed by atoms with Crippen LogP contribution in [0.4, 0.5) is 14.5 Å². The summed E-state index contributed by atoms with van der Waals surface area (Å²) in [5.41, 5.74) is 0.220. The van der Waals surface area contributed by atoms with Crippen LogP contribution >= 0.6 is 0 Å². The molecule has 31 heavy (non-hydrogen) atoms. The number of hydrogen-bond acceptors (Lipinski definition) is 4. The predicted molar refractivity (Wildman–Crippen MR) is 111 cm³/mol. The van der Waals surface area contributed by atoms with Gasteiger partial charge in [0.1, 0.15) is 29.4 Å². The molecule has 2 aromatic heterocycles. The first-order valence-electron chi connectivity index (χ1n) is 9.88. The average Bonchev–Trinajstić information content (AvgIpc) is 3.26. The van der Waals surface area contributed by atoms with Crippen LogP contribution in [0.3, 0.4) is 0 Å². The highest BCUT2D eigenvalue weighted by Gasteiger charge is 2.24. The van der Waals surface area contributed by atoms with Crippen molar-refractivity contribution in [3.8, 4) is 0 Å². The number of likely N-dealkylation sites (tertiary alicyclic amines) is 1. The second kappa shape index (κ2) is 8.25. The van der Waals surface area contributed by atoms with Crippen LogP contribution in [0.15, 0.2) is 41.3 Å². The molecule has 0 bridgehead atoms.